The Kier molecular flexibility index (Phi) is 7.29. The lowest BCUT2D eigenvalue weighted by Crippen LogP contribution is -2.44. The quantitative estimate of drug-likeness (QED) is 0.438. The molecule has 1 heterocycles. The molecule has 4 rings (SSSR count). The van der Waals surface area contributed by atoms with Crippen LogP contribution in [0.1, 0.15) is 36.8 Å². The number of rotatable bonds is 6. The fraction of sp³-hybridized carbons (Fsp3) is 0.391. The standard InChI is InChI=1S/C23H26N2O3.ClH/c1-2-27-23(26)16-11-12-17(24-13-16)15-28-25-14-22-20-9-5-3-7-18(20)19-8-4-6-10-21(19)22;/h3-10,14,16-17,22,24H,2,11-13,15H2,1H3;1H/b25-14+;/t16-,17-;/m1./s1. The second-order valence-electron chi connectivity index (χ2n) is 7.33. The number of carbonyl (C=O) groups is 1. The summed E-state index contributed by atoms with van der Waals surface area (Å²) < 4.78 is 5.10. The molecule has 154 valence electrons. The molecule has 6 heteroatoms. The van der Waals surface area contributed by atoms with Crippen LogP contribution in [0.25, 0.3) is 11.1 Å². The second-order valence-corrected chi connectivity index (χ2v) is 7.33. The highest BCUT2D eigenvalue weighted by Crippen LogP contribution is 2.43. The molecular weight excluding hydrogens is 388 g/mol. The Balaban J connectivity index is 0.00000240. The molecule has 0 aromatic heterocycles. The largest absolute Gasteiger partial charge is 0.466 e. The van der Waals surface area contributed by atoms with Gasteiger partial charge in [0.2, 0.25) is 0 Å². The summed E-state index contributed by atoms with van der Waals surface area (Å²) in [5.41, 5.74) is 5.08. The van der Waals surface area contributed by atoms with E-state index in [4.69, 9.17) is 9.57 Å². The molecule has 2 aromatic carbocycles. The lowest BCUT2D eigenvalue weighted by Gasteiger charge is -2.27. The molecule has 29 heavy (non-hydrogen) atoms. The number of piperidine rings is 1. The van der Waals surface area contributed by atoms with Gasteiger partial charge in [-0.2, -0.15) is 0 Å². The van der Waals surface area contributed by atoms with E-state index in [1.807, 2.05) is 13.1 Å². The van der Waals surface area contributed by atoms with Gasteiger partial charge in [0.05, 0.1) is 18.7 Å². The summed E-state index contributed by atoms with van der Waals surface area (Å²) in [6, 6.07) is 17.1. The Morgan fingerprint density at radius 3 is 2.34 bits per heavy atom. The minimum absolute atomic E-state index is 0. The van der Waals surface area contributed by atoms with Crippen LogP contribution in [0.15, 0.2) is 53.7 Å². The summed E-state index contributed by atoms with van der Waals surface area (Å²) in [6.07, 6.45) is 3.61. The zero-order valence-electron chi connectivity index (χ0n) is 16.5. The van der Waals surface area contributed by atoms with Crippen molar-refractivity contribution in [2.75, 3.05) is 19.8 Å². The van der Waals surface area contributed by atoms with Crippen molar-refractivity contribution in [2.24, 2.45) is 11.1 Å². The molecule has 0 bridgehead atoms. The highest BCUT2D eigenvalue weighted by atomic mass is 35.5. The third-order valence-corrected chi connectivity index (χ3v) is 5.58. The number of hydrogen-bond donors (Lipinski definition) is 1. The number of oxime groups is 1. The van der Waals surface area contributed by atoms with Gasteiger partial charge in [0.25, 0.3) is 0 Å². The second kappa shape index (κ2) is 9.90. The first-order valence-corrected chi connectivity index (χ1v) is 10.0. The van der Waals surface area contributed by atoms with Gasteiger partial charge >= 0.3 is 5.97 Å². The minimum atomic E-state index is -0.106. The predicted molar refractivity (Wildman–Crippen MR) is 117 cm³/mol. The summed E-state index contributed by atoms with van der Waals surface area (Å²) in [5, 5.41) is 7.64. The lowest BCUT2D eigenvalue weighted by molar-refractivity contribution is -0.148. The normalized spacial score (nSPS) is 20.6. The average molecular weight is 415 g/mol. The summed E-state index contributed by atoms with van der Waals surface area (Å²) in [5.74, 6) is -0.0305. The van der Waals surface area contributed by atoms with Gasteiger partial charge in [-0.05, 0) is 42.0 Å². The van der Waals surface area contributed by atoms with E-state index in [0.717, 1.165) is 12.8 Å². The van der Waals surface area contributed by atoms with Crippen molar-refractivity contribution in [2.45, 2.75) is 31.7 Å². The van der Waals surface area contributed by atoms with Gasteiger partial charge in [-0.25, -0.2) is 0 Å². The Labute approximate surface area is 177 Å². The molecule has 0 saturated carbocycles. The van der Waals surface area contributed by atoms with Crippen LogP contribution >= 0.6 is 12.4 Å². The van der Waals surface area contributed by atoms with Gasteiger partial charge in [0.15, 0.2) is 0 Å². The van der Waals surface area contributed by atoms with Gasteiger partial charge in [-0.15, -0.1) is 12.4 Å². The Morgan fingerprint density at radius 2 is 1.76 bits per heavy atom. The monoisotopic (exact) mass is 414 g/mol. The number of carbonyl (C=O) groups excluding carboxylic acids is 1. The molecule has 1 aliphatic heterocycles. The molecular formula is C23H27ClN2O3. The molecule has 1 fully saturated rings. The highest BCUT2D eigenvalue weighted by molar-refractivity contribution is 5.89. The van der Waals surface area contributed by atoms with Crippen molar-refractivity contribution in [3.63, 3.8) is 0 Å². The molecule has 1 saturated heterocycles. The molecule has 0 spiro atoms. The van der Waals surface area contributed by atoms with E-state index in [1.165, 1.54) is 22.3 Å². The maximum absolute atomic E-state index is 11.8. The number of esters is 1. The maximum Gasteiger partial charge on any atom is 0.310 e. The van der Waals surface area contributed by atoms with Crippen LogP contribution < -0.4 is 5.32 Å². The van der Waals surface area contributed by atoms with E-state index in [0.29, 0.717) is 19.8 Å². The molecule has 0 unspecified atom stereocenters. The first-order chi connectivity index (χ1) is 13.8. The number of benzene rings is 2. The van der Waals surface area contributed by atoms with Crippen LogP contribution in [0.4, 0.5) is 0 Å². The number of nitrogens with one attached hydrogen (secondary N) is 1. The van der Waals surface area contributed by atoms with E-state index in [9.17, 15) is 4.79 Å². The molecule has 2 atom stereocenters. The van der Waals surface area contributed by atoms with Gasteiger partial charge in [-0.1, -0.05) is 53.7 Å². The van der Waals surface area contributed by atoms with Crippen LogP contribution in [0.2, 0.25) is 0 Å². The molecule has 1 N–H and O–H groups in total. The number of fused-ring (bicyclic) bond motifs is 3. The van der Waals surface area contributed by atoms with Crippen LogP contribution in [-0.4, -0.2) is 38.0 Å². The lowest BCUT2D eigenvalue weighted by atomic mass is 9.95. The zero-order valence-corrected chi connectivity index (χ0v) is 17.4. The van der Waals surface area contributed by atoms with E-state index >= 15 is 0 Å². The topological polar surface area (TPSA) is 59.9 Å². The highest BCUT2D eigenvalue weighted by Gasteiger charge is 2.28. The predicted octanol–water partition coefficient (Wildman–Crippen LogP) is 4.15. The summed E-state index contributed by atoms with van der Waals surface area (Å²) in [6.45, 7) is 3.41. The third kappa shape index (κ3) is 4.62. The molecule has 1 aliphatic carbocycles. The smallest absolute Gasteiger partial charge is 0.310 e. The van der Waals surface area contributed by atoms with Crippen LogP contribution in [0.3, 0.4) is 0 Å². The average Bonchev–Trinajstić information content (AvgIpc) is 3.06. The van der Waals surface area contributed by atoms with Crippen molar-refractivity contribution in [3.8, 4) is 11.1 Å². The summed E-state index contributed by atoms with van der Waals surface area (Å²) in [4.78, 5) is 17.4. The van der Waals surface area contributed by atoms with Crippen molar-refractivity contribution in [1.29, 1.82) is 0 Å². The summed E-state index contributed by atoms with van der Waals surface area (Å²) in [7, 11) is 0. The van der Waals surface area contributed by atoms with E-state index in [2.05, 4.69) is 59.0 Å². The Hall–Kier alpha value is -2.37. The third-order valence-electron chi connectivity index (χ3n) is 5.58. The van der Waals surface area contributed by atoms with Crippen molar-refractivity contribution < 1.29 is 14.4 Å². The fourth-order valence-corrected chi connectivity index (χ4v) is 4.11. The number of nitrogens with zero attached hydrogens (tertiary/aromatic N) is 1. The SMILES string of the molecule is CCOC(=O)[C@@H]1CC[C@H](CO/N=C/C2c3ccccc3-c3ccccc32)NC1.Cl. The Morgan fingerprint density at radius 1 is 1.10 bits per heavy atom. The van der Waals surface area contributed by atoms with Crippen LogP contribution in [0, 0.1) is 5.92 Å². The van der Waals surface area contributed by atoms with Crippen molar-refractivity contribution >= 4 is 24.6 Å². The van der Waals surface area contributed by atoms with Gasteiger partial charge in [0.1, 0.15) is 6.61 Å². The molecule has 2 aromatic rings. The van der Waals surface area contributed by atoms with E-state index in [1.54, 1.807) is 0 Å². The van der Waals surface area contributed by atoms with Crippen molar-refractivity contribution in [3.05, 3.63) is 59.7 Å². The van der Waals surface area contributed by atoms with E-state index in [-0.39, 0.29) is 36.3 Å². The van der Waals surface area contributed by atoms with Gasteiger partial charge in [0, 0.05) is 18.5 Å². The molecule has 0 amide bonds. The first kappa shape index (κ1) is 21.3. The maximum atomic E-state index is 11.8. The van der Waals surface area contributed by atoms with Gasteiger partial charge in [-0.3, -0.25) is 4.79 Å². The molecule has 5 nitrogen and oxygen atoms in total. The minimum Gasteiger partial charge on any atom is -0.466 e. The molecule has 0 radical (unpaired) electrons. The number of ether oxygens (including phenoxy) is 1. The fourth-order valence-electron chi connectivity index (χ4n) is 4.11. The zero-order chi connectivity index (χ0) is 19.3. The number of halogens is 1. The Bertz CT molecular complexity index is 817. The van der Waals surface area contributed by atoms with E-state index < -0.39 is 0 Å². The molecule has 2 aliphatic rings. The van der Waals surface area contributed by atoms with Gasteiger partial charge < -0.3 is 14.9 Å². The first-order valence-electron chi connectivity index (χ1n) is 10.0. The number of hydrogen-bond acceptors (Lipinski definition) is 5. The van der Waals surface area contributed by atoms with Crippen LogP contribution in [0.5, 0.6) is 0 Å². The van der Waals surface area contributed by atoms with Crippen molar-refractivity contribution in [1.82, 2.24) is 5.32 Å². The summed E-state index contributed by atoms with van der Waals surface area (Å²) >= 11 is 0. The van der Waals surface area contributed by atoms with Crippen LogP contribution in [-0.2, 0) is 14.4 Å².